The van der Waals surface area contributed by atoms with Crippen LogP contribution < -0.4 is 0 Å². The Kier molecular flexibility index (Phi) is 2.90. The average Bonchev–Trinajstić information content (AvgIpc) is 1.86. The van der Waals surface area contributed by atoms with Crippen LogP contribution in [0.4, 0.5) is 17.6 Å². The number of hydrogen-bond acceptors (Lipinski definition) is 1. The smallest absolute Gasteiger partial charge is 0.299 e. The summed E-state index contributed by atoms with van der Waals surface area (Å²) in [5, 5.41) is 0. The molecule has 0 fully saturated rings. The summed E-state index contributed by atoms with van der Waals surface area (Å²) in [6, 6.07) is 0. The van der Waals surface area contributed by atoms with E-state index in [9.17, 15) is 17.6 Å². The van der Waals surface area contributed by atoms with Gasteiger partial charge >= 0.3 is 0 Å². The summed E-state index contributed by atoms with van der Waals surface area (Å²) in [6.45, 7) is -1.83. The van der Waals surface area contributed by atoms with Gasteiger partial charge in [0.25, 0.3) is 12.3 Å². The summed E-state index contributed by atoms with van der Waals surface area (Å²) < 4.78 is 49.6. The Morgan fingerprint density at radius 3 is 2.00 bits per heavy atom. The third-order valence-corrected chi connectivity index (χ3v) is 0.847. The monoisotopic (exact) mass is 146 g/mol. The topological polar surface area (TPSA) is 9.23 Å². The zero-order chi connectivity index (χ0) is 7.49. The predicted molar refractivity (Wildman–Crippen MR) is 22.8 cm³/mol. The molecule has 5 heteroatoms. The fourth-order valence-corrected chi connectivity index (χ4v) is 0.202. The number of hydrogen-bond donors (Lipinski definition) is 0. The van der Waals surface area contributed by atoms with Gasteiger partial charge in [0.15, 0.2) is 6.67 Å². The van der Waals surface area contributed by atoms with E-state index < -0.39 is 19.0 Å². The first-order valence-corrected chi connectivity index (χ1v) is 2.15. The number of halogens is 4. The highest BCUT2D eigenvalue weighted by Crippen LogP contribution is 2.21. The van der Waals surface area contributed by atoms with Crippen LogP contribution in [0.3, 0.4) is 0 Å². The molecule has 9 heavy (non-hydrogen) atoms. The lowest BCUT2D eigenvalue weighted by molar-refractivity contribution is -0.213. The van der Waals surface area contributed by atoms with Crippen molar-refractivity contribution in [3.8, 4) is 0 Å². The largest absolute Gasteiger partial charge is 0.343 e. The fourth-order valence-electron chi connectivity index (χ4n) is 0.202. The lowest BCUT2D eigenvalue weighted by Crippen LogP contribution is -2.36. The number of alkyl halides is 4. The Morgan fingerprint density at radius 2 is 2.00 bits per heavy atom. The van der Waals surface area contributed by atoms with Gasteiger partial charge in [-0.2, -0.15) is 0 Å². The summed E-state index contributed by atoms with van der Waals surface area (Å²) in [7, 11) is 0.686. The molecule has 0 aliphatic heterocycles. The molecule has 0 saturated carbocycles. The molecule has 0 amide bonds. The van der Waals surface area contributed by atoms with Crippen LogP contribution in [-0.4, -0.2) is 26.1 Å². The molecule has 0 aromatic rings. The molecule has 0 aromatic heterocycles. The van der Waals surface area contributed by atoms with Crippen LogP contribution in [0.2, 0.25) is 0 Å². The third-order valence-electron chi connectivity index (χ3n) is 0.847. The van der Waals surface area contributed by atoms with Crippen LogP contribution in [0.15, 0.2) is 0 Å². The minimum absolute atomic E-state index is 0.686. The summed E-state index contributed by atoms with van der Waals surface area (Å²) in [5.41, 5.74) is 0. The maximum Gasteiger partial charge on any atom is 0.299 e. The van der Waals surface area contributed by atoms with Gasteiger partial charge in [-0.1, -0.05) is 0 Å². The molecule has 0 aliphatic rings. The van der Waals surface area contributed by atoms with Gasteiger partial charge in [0.1, 0.15) is 0 Å². The van der Waals surface area contributed by atoms with Crippen molar-refractivity contribution in [3.05, 3.63) is 0 Å². The molecule has 0 spiro atoms. The molecule has 56 valence electrons. The Hall–Kier alpha value is -0.320. The van der Waals surface area contributed by atoms with E-state index in [0.29, 0.717) is 7.11 Å². The van der Waals surface area contributed by atoms with Gasteiger partial charge in [0.2, 0.25) is 0 Å². The van der Waals surface area contributed by atoms with Gasteiger partial charge < -0.3 is 4.74 Å². The van der Waals surface area contributed by atoms with E-state index in [1.54, 1.807) is 0 Å². The zero-order valence-electron chi connectivity index (χ0n) is 4.70. The van der Waals surface area contributed by atoms with E-state index in [1.807, 2.05) is 0 Å². The zero-order valence-corrected chi connectivity index (χ0v) is 4.70. The van der Waals surface area contributed by atoms with Gasteiger partial charge in [-0.05, 0) is 0 Å². The van der Waals surface area contributed by atoms with Crippen molar-refractivity contribution >= 4 is 0 Å². The van der Waals surface area contributed by atoms with Crippen LogP contribution in [-0.2, 0) is 4.74 Å². The molecule has 0 saturated heterocycles. The highest BCUT2D eigenvalue weighted by atomic mass is 19.3. The standard InChI is InChI=1S/C4H6F4O/c1-9-4(8,2-5)3(6)7/h3H,2H2,1H3. The van der Waals surface area contributed by atoms with E-state index in [-0.39, 0.29) is 0 Å². The second-order valence-electron chi connectivity index (χ2n) is 1.42. The summed E-state index contributed by atoms with van der Waals surface area (Å²) in [6.07, 6.45) is -3.44. The first kappa shape index (κ1) is 8.68. The summed E-state index contributed by atoms with van der Waals surface area (Å²) >= 11 is 0. The van der Waals surface area contributed by atoms with Gasteiger partial charge in [0.05, 0.1) is 0 Å². The molecular formula is C4H6F4O. The van der Waals surface area contributed by atoms with Crippen molar-refractivity contribution in [2.24, 2.45) is 0 Å². The molecule has 0 heterocycles. The quantitative estimate of drug-likeness (QED) is 0.548. The fraction of sp³-hybridized carbons (Fsp3) is 1.00. The molecule has 1 nitrogen and oxygen atoms in total. The number of methoxy groups -OCH3 is 1. The summed E-state index contributed by atoms with van der Waals surface area (Å²) in [4.78, 5) is 0. The Bertz CT molecular complexity index is 80.6. The molecule has 0 aliphatic carbocycles. The Morgan fingerprint density at radius 1 is 1.56 bits per heavy atom. The summed E-state index contributed by atoms with van der Waals surface area (Å²) in [5.74, 6) is -3.42. The van der Waals surface area contributed by atoms with E-state index in [2.05, 4.69) is 4.74 Å². The minimum atomic E-state index is -3.44. The Labute approximate surface area is 49.6 Å². The minimum Gasteiger partial charge on any atom is -0.343 e. The van der Waals surface area contributed by atoms with Gasteiger partial charge in [0, 0.05) is 7.11 Å². The van der Waals surface area contributed by atoms with Crippen molar-refractivity contribution in [1.82, 2.24) is 0 Å². The van der Waals surface area contributed by atoms with E-state index in [1.165, 1.54) is 0 Å². The second kappa shape index (κ2) is 3.00. The lowest BCUT2D eigenvalue weighted by atomic mass is 10.4. The lowest BCUT2D eigenvalue weighted by Gasteiger charge is -2.17. The van der Waals surface area contributed by atoms with Gasteiger partial charge in [-0.3, -0.25) is 0 Å². The van der Waals surface area contributed by atoms with Crippen LogP contribution in [0.25, 0.3) is 0 Å². The molecule has 0 radical (unpaired) electrons. The van der Waals surface area contributed by atoms with Crippen molar-refractivity contribution in [2.45, 2.75) is 12.3 Å². The molecular weight excluding hydrogens is 140 g/mol. The predicted octanol–water partition coefficient (Wildman–Crippen LogP) is 1.53. The van der Waals surface area contributed by atoms with E-state index in [4.69, 9.17) is 0 Å². The van der Waals surface area contributed by atoms with E-state index in [0.717, 1.165) is 0 Å². The van der Waals surface area contributed by atoms with Crippen LogP contribution >= 0.6 is 0 Å². The van der Waals surface area contributed by atoms with Crippen molar-refractivity contribution in [3.63, 3.8) is 0 Å². The maximum atomic E-state index is 12.0. The maximum absolute atomic E-state index is 12.0. The van der Waals surface area contributed by atoms with Gasteiger partial charge in [-0.25, -0.2) is 17.6 Å². The number of rotatable bonds is 3. The molecule has 1 atom stereocenters. The normalized spacial score (nSPS) is 18.0. The van der Waals surface area contributed by atoms with Crippen molar-refractivity contribution in [1.29, 1.82) is 0 Å². The second-order valence-corrected chi connectivity index (χ2v) is 1.42. The van der Waals surface area contributed by atoms with Crippen LogP contribution in [0, 0.1) is 0 Å². The van der Waals surface area contributed by atoms with Crippen LogP contribution in [0.5, 0.6) is 0 Å². The Balaban J connectivity index is 3.92. The molecule has 0 rings (SSSR count). The SMILES string of the molecule is COC(F)(CF)C(F)F. The van der Waals surface area contributed by atoms with Crippen molar-refractivity contribution < 1.29 is 22.3 Å². The third kappa shape index (κ3) is 1.82. The molecule has 0 aromatic carbocycles. The van der Waals surface area contributed by atoms with Gasteiger partial charge in [-0.15, -0.1) is 0 Å². The average molecular weight is 146 g/mol. The molecule has 1 unspecified atom stereocenters. The highest BCUT2D eigenvalue weighted by Gasteiger charge is 2.40. The number of ether oxygens (including phenoxy) is 1. The van der Waals surface area contributed by atoms with Crippen LogP contribution in [0.1, 0.15) is 0 Å². The first-order chi connectivity index (χ1) is 4.06. The molecule has 0 bridgehead atoms. The van der Waals surface area contributed by atoms with Crippen molar-refractivity contribution in [2.75, 3.05) is 13.8 Å². The van der Waals surface area contributed by atoms with E-state index >= 15 is 0 Å². The molecule has 0 N–H and O–H groups in total. The first-order valence-electron chi connectivity index (χ1n) is 2.15. The highest BCUT2D eigenvalue weighted by molar-refractivity contribution is 4.68.